The Hall–Kier alpha value is -3.08. The molecule has 1 fully saturated rings. The highest BCUT2D eigenvalue weighted by atomic mass is 32.1. The Bertz CT molecular complexity index is 1100. The van der Waals surface area contributed by atoms with Crippen LogP contribution in [0.15, 0.2) is 42.5 Å². The van der Waals surface area contributed by atoms with Gasteiger partial charge < -0.3 is 9.47 Å². The van der Waals surface area contributed by atoms with Gasteiger partial charge in [0, 0.05) is 43.9 Å². The fraction of sp³-hybridized carbons (Fsp3) is 0.333. The predicted molar refractivity (Wildman–Crippen MR) is 118 cm³/mol. The number of nitrogens with zero attached hydrogens (tertiary/aromatic N) is 4. The minimum atomic E-state index is -0.501. The van der Waals surface area contributed by atoms with Crippen LogP contribution in [0, 0.1) is 10.1 Å². The summed E-state index contributed by atoms with van der Waals surface area (Å²) in [7, 11) is 1.60. The Morgan fingerprint density at radius 2 is 2.10 bits per heavy atom. The minimum Gasteiger partial charge on any atom is -0.497 e. The van der Waals surface area contributed by atoms with Crippen molar-refractivity contribution < 1.29 is 19.2 Å². The Balaban J connectivity index is 1.65. The van der Waals surface area contributed by atoms with E-state index in [1.165, 1.54) is 29.5 Å². The molecule has 0 bridgehead atoms. The normalized spacial score (nSPS) is 14.5. The number of rotatable bonds is 7. The molecule has 0 spiro atoms. The molecule has 1 saturated heterocycles. The number of anilines is 1. The molecule has 162 valence electrons. The molecule has 2 aromatic carbocycles. The van der Waals surface area contributed by atoms with E-state index in [9.17, 15) is 14.9 Å². The van der Waals surface area contributed by atoms with Crippen molar-refractivity contribution in [3.05, 3.63) is 58.1 Å². The van der Waals surface area contributed by atoms with Crippen LogP contribution in [0.3, 0.4) is 0 Å². The molecule has 1 aliphatic heterocycles. The molecule has 0 atom stereocenters. The van der Waals surface area contributed by atoms with Crippen molar-refractivity contribution in [3.63, 3.8) is 0 Å². The van der Waals surface area contributed by atoms with Gasteiger partial charge in [0.05, 0.1) is 35.5 Å². The standard InChI is InChI=1S/C21H22N4O5S/c1-29-17-5-6-18-19(14-17)31-21(22-18)24(8-7-23-9-11-30-12-10-23)20(26)15-3-2-4-16(13-15)25(27)28/h2-6,13-14H,7-12H2,1H3. The Morgan fingerprint density at radius 3 is 2.84 bits per heavy atom. The monoisotopic (exact) mass is 442 g/mol. The van der Waals surface area contributed by atoms with E-state index in [2.05, 4.69) is 9.88 Å². The number of methoxy groups -OCH3 is 1. The van der Waals surface area contributed by atoms with Crippen LogP contribution in [0.25, 0.3) is 10.2 Å². The lowest BCUT2D eigenvalue weighted by Gasteiger charge is -2.29. The van der Waals surface area contributed by atoms with Crippen LogP contribution in [0.1, 0.15) is 10.4 Å². The fourth-order valence-corrected chi connectivity index (χ4v) is 4.41. The number of thiazole rings is 1. The average molecular weight is 442 g/mol. The smallest absolute Gasteiger partial charge is 0.270 e. The number of non-ortho nitro benzene ring substituents is 1. The van der Waals surface area contributed by atoms with Gasteiger partial charge in [-0.1, -0.05) is 17.4 Å². The van der Waals surface area contributed by atoms with Gasteiger partial charge in [0.2, 0.25) is 0 Å². The molecule has 0 N–H and O–H groups in total. The van der Waals surface area contributed by atoms with Crippen molar-refractivity contribution >= 4 is 38.3 Å². The van der Waals surface area contributed by atoms with Crippen molar-refractivity contribution in [1.29, 1.82) is 0 Å². The lowest BCUT2D eigenvalue weighted by atomic mass is 10.2. The summed E-state index contributed by atoms with van der Waals surface area (Å²) in [6.07, 6.45) is 0. The van der Waals surface area contributed by atoms with E-state index >= 15 is 0 Å². The van der Waals surface area contributed by atoms with Gasteiger partial charge >= 0.3 is 0 Å². The van der Waals surface area contributed by atoms with E-state index in [0.29, 0.717) is 37.2 Å². The van der Waals surface area contributed by atoms with E-state index in [1.807, 2.05) is 18.2 Å². The number of morpholine rings is 1. The predicted octanol–water partition coefficient (Wildman–Crippen LogP) is 3.19. The first-order valence-electron chi connectivity index (χ1n) is 9.86. The number of hydrogen-bond donors (Lipinski definition) is 0. The van der Waals surface area contributed by atoms with Crippen molar-refractivity contribution in [2.75, 3.05) is 51.4 Å². The number of nitro groups is 1. The first-order valence-corrected chi connectivity index (χ1v) is 10.7. The lowest BCUT2D eigenvalue weighted by Crippen LogP contribution is -2.43. The maximum Gasteiger partial charge on any atom is 0.270 e. The fourth-order valence-electron chi connectivity index (χ4n) is 3.39. The van der Waals surface area contributed by atoms with Crippen LogP contribution in [0.4, 0.5) is 10.8 Å². The number of carbonyl (C=O) groups excluding carboxylic acids is 1. The van der Waals surface area contributed by atoms with E-state index < -0.39 is 4.92 Å². The van der Waals surface area contributed by atoms with Crippen LogP contribution in [-0.4, -0.2) is 67.2 Å². The zero-order valence-electron chi connectivity index (χ0n) is 17.0. The van der Waals surface area contributed by atoms with Crippen LogP contribution < -0.4 is 9.64 Å². The molecule has 1 aliphatic rings. The van der Waals surface area contributed by atoms with Gasteiger partial charge in [0.25, 0.3) is 11.6 Å². The van der Waals surface area contributed by atoms with Gasteiger partial charge in [-0.2, -0.15) is 0 Å². The van der Waals surface area contributed by atoms with Crippen LogP contribution in [-0.2, 0) is 4.74 Å². The number of carbonyl (C=O) groups is 1. The topological polar surface area (TPSA) is 98.0 Å². The maximum atomic E-state index is 13.4. The molecule has 1 amide bonds. The molecule has 1 aromatic heterocycles. The zero-order valence-corrected chi connectivity index (χ0v) is 17.8. The third kappa shape index (κ3) is 4.82. The summed E-state index contributed by atoms with van der Waals surface area (Å²) in [6, 6.07) is 11.4. The Morgan fingerprint density at radius 1 is 1.29 bits per heavy atom. The zero-order chi connectivity index (χ0) is 21.8. The molecule has 2 heterocycles. The van der Waals surface area contributed by atoms with Gasteiger partial charge in [0.1, 0.15) is 5.75 Å². The summed E-state index contributed by atoms with van der Waals surface area (Å²) in [5.41, 5.74) is 0.907. The molecule has 4 rings (SSSR count). The summed E-state index contributed by atoms with van der Waals surface area (Å²) in [5, 5.41) is 11.7. The number of amides is 1. The van der Waals surface area contributed by atoms with E-state index in [0.717, 1.165) is 23.3 Å². The maximum absolute atomic E-state index is 13.4. The number of benzene rings is 2. The van der Waals surface area contributed by atoms with E-state index in [-0.39, 0.29) is 17.2 Å². The van der Waals surface area contributed by atoms with Crippen LogP contribution in [0.2, 0.25) is 0 Å². The largest absolute Gasteiger partial charge is 0.497 e. The first kappa shape index (κ1) is 21.2. The highest BCUT2D eigenvalue weighted by Gasteiger charge is 2.24. The van der Waals surface area contributed by atoms with Gasteiger partial charge in [0.15, 0.2) is 5.13 Å². The molecule has 0 radical (unpaired) electrons. The van der Waals surface area contributed by atoms with Gasteiger partial charge in [-0.05, 0) is 24.3 Å². The van der Waals surface area contributed by atoms with E-state index in [4.69, 9.17) is 9.47 Å². The molecule has 3 aromatic rings. The summed E-state index contributed by atoms with van der Waals surface area (Å²) >= 11 is 1.39. The highest BCUT2D eigenvalue weighted by molar-refractivity contribution is 7.22. The molecular weight excluding hydrogens is 420 g/mol. The second kappa shape index (κ2) is 9.38. The first-order chi connectivity index (χ1) is 15.0. The number of aromatic nitrogens is 1. The minimum absolute atomic E-state index is 0.118. The van der Waals surface area contributed by atoms with Crippen molar-refractivity contribution in [2.24, 2.45) is 0 Å². The van der Waals surface area contributed by atoms with Crippen molar-refractivity contribution in [3.8, 4) is 5.75 Å². The molecule has 0 unspecified atom stereocenters. The third-order valence-corrected chi connectivity index (χ3v) is 6.15. The second-order valence-electron chi connectivity index (χ2n) is 7.05. The van der Waals surface area contributed by atoms with Crippen molar-refractivity contribution in [2.45, 2.75) is 0 Å². The molecule has 10 heteroatoms. The number of hydrogen-bond acceptors (Lipinski definition) is 8. The van der Waals surface area contributed by atoms with Crippen molar-refractivity contribution in [1.82, 2.24) is 9.88 Å². The summed E-state index contributed by atoms with van der Waals surface area (Å²) in [5.74, 6) is 0.399. The third-order valence-electron chi connectivity index (χ3n) is 5.11. The molecular formula is C21H22N4O5S. The quantitative estimate of drug-likeness (QED) is 0.409. The van der Waals surface area contributed by atoms with Gasteiger partial charge in [-0.25, -0.2) is 4.98 Å². The van der Waals surface area contributed by atoms with Gasteiger partial charge in [-0.3, -0.25) is 24.7 Å². The highest BCUT2D eigenvalue weighted by Crippen LogP contribution is 2.32. The van der Waals surface area contributed by atoms with Crippen LogP contribution in [0.5, 0.6) is 5.75 Å². The second-order valence-corrected chi connectivity index (χ2v) is 8.06. The number of ether oxygens (including phenoxy) is 2. The molecule has 9 nitrogen and oxygen atoms in total. The summed E-state index contributed by atoms with van der Waals surface area (Å²) in [6.45, 7) is 4.01. The number of fused-ring (bicyclic) bond motifs is 1. The van der Waals surface area contributed by atoms with Gasteiger partial charge in [-0.15, -0.1) is 0 Å². The summed E-state index contributed by atoms with van der Waals surface area (Å²) in [4.78, 5) is 32.5. The Labute approximate surface area is 183 Å². The molecule has 31 heavy (non-hydrogen) atoms. The molecule has 0 aliphatic carbocycles. The molecule has 0 saturated carbocycles. The lowest BCUT2D eigenvalue weighted by molar-refractivity contribution is -0.384. The average Bonchev–Trinajstić information content (AvgIpc) is 3.22. The van der Waals surface area contributed by atoms with E-state index in [1.54, 1.807) is 18.1 Å². The SMILES string of the molecule is COc1ccc2nc(N(CCN3CCOCC3)C(=O)c3cccc([N+](=O)[O-])c3)sc2c1. The summed E-state index contributed by atoms with van der Waals surface area (Å²) < 4.78 is 11.6. The Kier molecular flexibility index (Phi) is 6.40. The number of nitro benzene ring substituents is 1. The van der Waals surface area contributed by atoms with Crippen LogP contribution >= 0.6 is 11.3 Å².